The number of aliphatic hydroxyl groups is 3. The van der Waals surface area contributed by atoms with E-state index < -0.39 is 93.5 Å². The van der Waals surface area contributed by atoms with Crippen LogP contribution < -0.4 is 5.73 Å². The molecular weight excluding hydrogens is 557 g/mol. The van der Waals surface area contributed by atoms with Gasteiger partial charge in [0.25, 0.3) is 5.91 Å². The van der Waals surface area contributed by atoms with Crippen LogP contribution in [0.15, 0.2) is 23.0 Å². The van der Waals surface area contributed by atoms with Gasteiger partial charge in [-0.05, 0) is 73.2 Å². The zero-order valence-corrected chi connectivity index (χ0v) is 23.6. The third-order valence-electron chi connectivity index (χ3n) is 9.64. The Morgan fingerprint density at radius 3 is 2.26 bits per heavy atom. The lowest BCUT2D eigenvalue weighted by Crippen LogP contribution is -2.58. The largest absolute Gasteiger partial charge is 0.508 e. The number of phenolic OH excluding ortho intramolecular Hbond substituents is 1. The van der Waals surface area contributed by atoms with Crippen LogP contribution in [0.25, 0.3) is 5.76 Å². The minimum absolute atomic E-state index is 0.0705. The van der Waals surface area contributed by atoms with Crippen molar-refractivity contribution in [1.29, 1.82) is 0 Å². The molecule has 12 heteroatoms. The van der Waals surface area contributed by atoms with E-state index in [-0.39, 0.29) is 29.5 Å². The van der Waals surface area contributed by atoms with Gasteiger partial charge >= 0.3 is 6.18 Å². The van der Waals surface area contributed by atoms with Crippen LogP contribution in [0.2, 0.25) is 0 Å². The monoisotopic (exact) mass is 592 g/mol. The highest BCUT2D eigenvalue weighted by Crippen LogP contribution is 2.54. The number of carbonyl (C=O) groups excluding carboxylic acids is 3. The topological polar surface area (TPSA) is 161 Å². The van der Waals surface area contributed by atoms with Crippen molar-refractivity contribution in [2.75, 3.05) is 13.1 Å². The smallest absolute Gasteiger partial charge is 0.417 e. The molecule has 1 saturated carbocycles. The molecule has 1 aliphatic heterocycles. The van der Waals surface area contributed by atoms with E-state index in [1.54, 1.807) is 0 Å². The summed E-state index contributed by atoms with van der Waals surface area (Å²) in [5.41, 5.74) is -1.02. The van der Waals surface area contributed by atoms with Crippen LogP contribution in [0, 0.1) is 23.2 Å². The van der Waals surface area contributed by atoms with E-state index in [0.29, 0.717) is 19.0 Å². The van der Waals surface area contributed by atoms with E-state index >= 15 is 0 Å². The van der Waals surface area contributed by atoms with Gasteiger partial charge in [0.2, 0.25) is 5.78 Å². The maximum absolute atomic E-state index is 14.7. The number of halogens is 3. The van der Waals surface area contributed by atoms with Crippen molar-refractivity contribution in [3.05, 3.63) is 45.2 Å². The quantitative estimate of drug-likeness (QED) is 0.332. The fraction of sp³-hybridized carbons (Fsp3) is 0.567. The zero-order valence-electron chi connectivity index (χ0n) is 23.6. The van der Waals surface area contributed by atoms with Gasteiger partial charge in [-0.3, -0.25) is 19.3 Å². The molecule has 1 heterocycles. The van der Waals surface area contributed by atoms with Gasteiger partial charge in [-0.15, -0.1) is 0 Å². The molecule has 5 rings (SSSR count). The molecule has 0 spiro atoms. The number of aliphatic hydroxyl groups excluding tert-OH is 2. The summed E-state index contributed by atoms with van der Waals surface area (Å²) in [4.78, 5) is 39.8. The number of fused-ring (bicyclic) bond motifs is 3. The number of ketones is 2. The van der Waals surface area contributed by atoms with Crippen LogP contribution in [0.5, 0.6) is 5.75 Å². The standard InChI is InChI=1S/C30H35F3N2O7/c1-28(2,3)15-4-6-35(7-5-15)12-14-10-18(36)21-17(23(14)30(31,32)33)9-13-8-16-11-19(37)22(27(34)41)26(40)29(16,42)25(39)20(13)24(21)38/h10,13,15-16,36,38,40,42H,4-9,11-12H2,1-3H3,(H2,34,41)/t13?,16-,29-/m0/s1. The second-order valence-corrected chi connectivity index (χ2v) is 13.1. The van der Waals surface area contributed by atoms with Gasteiger partial charge < -0.3 is 26.2 Å². The first-order valence-electron chi connectivity index (χ1n) is 14.0. The predicted octanol–water partition coefficient (Wildman–Crippen LogP) is 3.70. The van der Waals surface area contributed by atoms with Gasteiger partial charge in [-0.25, -0.2) is 0 Å². The highest BCUT2D eigenvalue weighted by molar-refractivity contribution is 6.22. The summed E-state index contributed by atoms with van der Waals surface area (Å²) < 4.78 is 44.1. The second kappa shape index (κ2) is 9.84. The number of alkyl halides is 3. The maximum Gasteiger partial charge on any atom is 0.417 e. The summed E-state index contributed by atoms with van der Waals surface area (Å²) in [5, 5.41) is 44.1. The van der Waals surface area contributed by atoms with Gasteiger partial charge in [-0.2, -0.15) is 13.2 Å². The Balaban J connectivity index is 1.58. The van der Waals surface area contributed by atoms with Gasteiger partial charge in [-0.1, -0.05) is 20.8 Å². The zero-order chi connectivity index (χ0) is 31.1. The number of hydrogen-bond acceptors (Lipinski definition) is 8. The van der Waals surface area contributed by atoms with Crippen molar-refractivity contribution in [3.63, 3.8) is 0 Å². The van der Waals surface area contributed by atoms with Crippen LogP contribution in [-0.4, -0.2) is 61.5 Å². The van der Waals surface area contributed by atoms with Crippen molar-refractivity contribution < 1.29 is 48.0 Å². The number of Topliss-reactive ketones (excluding diaryl/α,β-unsaturated/α-hetero) is 2. The number of carbonyl (C=O) groups is 3. The average molecular weight is 593 g/mol. The van der Waals surface area contributed by atoms with Crippen LogP contribution >= 0.6 is 0 Å². The Labute approximate surface area is 240 Å². The molecule has 0 aromatic heterocycles. The van der Waals surface area contributed by atoms with Gasteiger partial charge in [0.1, 0.15) is 22.8 Å². The molecule has 42 heavy (non-hydrogen) atoms. The molecule has 1 saturated heterocycles. The third kappa shape index (κ3) is 4.59. The van der Waals surface area contributed by atoms with E-state index in [2.05, 4.69) is 20.8 Å². The number of benzene rings is 1. The number of rotatable bonds is 3. The minimum Gasteiger partial charge on any atom is -0.508 e. The molecule has 2 fully saturated rings. The number of amides is 1. The lowest BCUT2D eigenvalue weighted by atomic mass is 9.59. The molecule has 1 unspecified atom stereocenters. The normalized spacial score (nSPS) is 27.6. The number of hydrogen-bond donors (Lipinski definition) is 5. The molecule has 6 N–H and O–H groups in total. The summed E-state index contributed by atoms with van der Waals surface area (Å²) in [6, 6.07) is 0.960. The van der Waals surface area contributed by atoms with E-state index in [1.807, 2.05) is 4.90 Å². The van der Waals surface area contributed by atoms with E-state index in [4.69, 9.17) is 5.73 Å². The van der Waals surface area contributed by atoms with E-state index in [0.717, 1.165) is 18.9 Å². The molecule has 0 radical (unpaired) electrons. The number of nitrogens with zero attached hydrogens (tertiary/aromatic N) is 1. The Bertz CT molecular complexity index is 1450. The molecule has 0 bridgehead atoms. The molecule has 1 amide bonds. The third-order valence-corrected chi connectivity index (χ3v) is 9.64. The van der Waals surface area contributed by atoms with Crippen molar-refractivity contribution in [1.82, 2.24) is 4.90 Å². The number of aromatic hydroxyl groups is 1. The lowest BCUT2D eigenvalue weighted by Gasteiger charge is -2.46. The number of nitrogens with two attached hydrogens (primary N) is 1. The molecule has 4 aliphatic rings. The van der Waals surface area contributed by atoms with Gasteiger partial charge in [0, 0.05) is 24.5 Å². The molecule has 3 atom stereocenters. The Morgan fingerprint density at radius 1 is 1.10 bits per heavy atom. The van der Waals surface area contributed by atoms with Crippen LogP contribution in [0.3, 0.4) is 0 Å². The molecular formula is C30H35F3N2O7. The minimum atomic E-state index is -4.85. The molecule has 3 aliphatic carbocycles. The first-order valence-corrected chi connectivity index (χ1v) is 14.0. The van der Waals surface area contributed by atoms with Crippen molar-refractivity contribution in [3.8, 4) is 5.75 Å². The van der Waals surface area contributed by atoms with E-state index in [9.17, 15) is 48.0 Å². The molecule has 1 aromatic rings. The maximum atomic E-state index is 14.7. The Morgan fingerprint density at radius 2 is 1.71 bits per heavy atom. The summed E-state index contributed by atoms with van der Waals surface area (Å²) in [6.45, 7) is 7.51. The van der Waals surface area contributed by atoms with Crippen molar-refractivity contribution in [2.45, 2.75) is 71.2 Å². The highest BCUT2D eigenvalue weighted by atomic mass is 19.4. The van der Waals surface area contributed by atoms with Gasteiger partial charge in [0.05, 0.1) is 11.1 Å². The SMILES string of the molecule is CC(C)(C)C1CCN(Cc2cc(O)c3c(c2C(F)(F)F)CC2C[C@H]4CC(=O)C(C(N)=O)=C(O)[C@@]4(O)C(=O)C2=C3O)CC1. The number of phenols is 1. The highest BCUT2D eigenvalue weighted by Gasteiger charge is 2.60. The molecule has 9 nitrogen and oxygen atoms in total. The fourth-order valence-corrected chi connectivity index (χ4v) is 7.44. The fourth-order valence-electron chi connectivity index (χ4n) is 7.44. The number of primary amides is 1. The van der Waals surface area contributed by atoms with Crippen molar-refractivity contribution >= 4 is 23.2 Å². The van der Waals surface area contributed by atoms with Crippen LogP contribution in [-0.2, 0) is 33.5 Å². The van der Waals surface area contributed by atoms with Crippen molar-refractivity contribution in [2.24, 2.45) is 28.9 Å². The Kier molecular flexibility index (Phi) is 7.05. The van der Waals surface area contributed by atoms with Gasteiger partial charge in [0.15, 0.2) is 11.4 Å². The second-order valence-electron chi connectivity index (χ2n) is 13.1. The number of likely N-dealkylation sites (tertiary alicyclic amines) is 1. The Hall–Kier alpha value is -3.38. The van der Waals surface area contributed by atoms with Crippen LogP contribution in [0.4, 0.5) is 13.2 Å². The lowest BCUT2D eigenvalue weighted by molar-refractivity contribution is -0.147. The summed E-state index contributed by atoms with van der Waals surface area (Å²) in [6.07, 6.45) is -4.42. The summed E-state index contributed by atoms with van der Waals surface area (Å²) in [7, 11) is 0. The van der Waals surface area contributed by atoms with Crippen LogP contribution in [0.1, 0.15) is 68.7 Å². The van der Waals surface area contributed by atoms with E-state index in [1.165, 1.54) is 0 Å². The summed E-state index contributed by atoms with van der Waals surface area (Å²) in [5.74, 6) is -8.23. The predicted molar refractivity (Wildman–Crippen MR) is 144 cm³/mol. The first kappa shape index (κ1) is 30.1. The number of piperidine rings is 1. The molecule has 228 valence electrons. The first-order chi connectivity index (χ1) is 19.4. The molecule has 1 aromatic carbocycles. The average Bonchev–Trinajstić information content (AvgIpc) is 2.84. The summed E-state index contributed by atoms with van der Waals surface area (Å²) >= 11 is 0.